The first-order valence-corrected chi connectivity index (χ1v) is 12.6. The fourth-order valence-corrected chi connectivity index (χ4v) is 6.17. The van der Waals surface area contributed by atoms with Crippen LogP contribution in [0.25, 0.3) is 0 Å². The average Bonchev–Trinajstić information content (AvgIpc) is 3.34. The van der Waals surface area contributed by atoms with Crippen LogP contribution < -0.4 is 10.2 Å². The Morgan fingerprint density at radius 3 is 2.56 bits per heavy atom. The fraction of sp³-hybridized carbons (Fsp3) is 0.556. The van der Waals surface area contributed by atoms with E-state index < -0.39 is 5.97 Å². The fourth-order valence-electron chi connectivity index (χ4n) is 6.17. The van der Waals surface area contributed by atoms with Gasteiger partial charge in [-0.05, 0) is 72.6 Å². The Bertz CT molecular complexity index is 1060. The van der Waals surface area contributed by atoms with Crippen molar-refractivity contribution < 1.29 is 14.7 Å². The Hall–Kier alpha value is -2.96. The average molecular weight is 463 g/mol. The van der Waals surface area contributed by atoms with E-state index in [0.717, 1.165) is 35.0 Å². The normalized spacial score (nSPS) is 27.1. The molecule has 1 aromatic carbocycles. The summed E-state index contributed by atoms with van der Waals surface area (Å²) in [6.07, 6.45) is 10.8. The number of carbonyl (C=O) groups excluding carboxylic acids is 1. The van der Waals surface area contributed by atoms with Crippen molar-refractivity contribution in [3.8, 4) is 0 Å². The van der Waals surface area contributed by atoms with E-state index in [1.54, 1.807) is 12.4 Å². The number of hydrogen-bond acceptors (Lipinski definition) is 5. The minimum absolute atomic E-state index is 0.0192. The van der Waals surface area contributed by atoms with Crippen LogP contribution in [0.4, 0.5) is 11.4 Å². The largest absolute Gasteiger partial charge is 0.481 e. The summed E-state index contributed by atoms with van der Waals surface area (Å²) in [6, 6.07) is 6.70. The number of nitrogens with zero attached hydrogens (tertiary/aromatic N) is 3. The van der Waals surface area contributed by atoms with Gasteiger partial charge in [0.25, 0.3) is 0 Å². The minimum Gasteiger partial charge on any atom is -0.481 e. The Morgan fingerprint density at radius 2 is 1.94 bits per heavy atom. The molecule has 3 fully saturated rings. The number of carboxylic acids is 1. The molecule has 0 radical (unpaired) electrons. The maximum atomic E-state index is 13.0. The third-order valence-corrected chi connectivity index (χ3v) is 7.78. The van der Waals surface area contributed by atoms with Gasteiger partial charge >= 0.3 is 5.97 Å². The van der Waals surface area contributed by atoms with Crippen LogP contribution in [0.15, 0.2) is 36.9 Å². The highest BCUT2D eigenvalue weighted by Crippen LogP contribution is 2.51. The summed E-state index contributed by atoms with van der Waals surface area (Å²) in [6.45, 7) is 5.41. The second kappa shape index (κ2) is 9.35. The molecular formula is C27H34N4O3. The maximum absolute atomic E-state index is 13.0. The number of nitrogens with one attached hydrogen (secondary N) is 1. The first-order valence-electron chi connectivity index (χ1n) is 12.6. The number of aromatic nitrogens is 2. The summed E-state index contributed by atoms with van der Waals surface area (Å²) in [5.74, 6) is 0.863. The lowest BCUT2D eigenvalue weighted by atomic mass is 9.92. The molecule has 0 spiro atoms. The monoisotopic (exact) mass is 462 g/mol. The number of carboxylic acid groups (broad SMARTS) is 1. The summed E-state index contributed by atoms with van der Waals surface area (Å²) in [5, 5.41) is 12.6. The van der Waals surface area contributed by atoms with Crippen LogP contribution in [0, 0.1) is 23.7 Å². The summed E-state index contributed by atoms with van der Waals surface area (Å²) in [4.78, 5) is 35.0. The van der Waals surface area contributed by atoms with Gasteiger partial charge in [-0.15, -0.1) is 0 Å². The first-order chi connectivity index (χ1) is 16.4. The SMILES string of the molecule is CC(C)CN(c1ccc([C@H]2C[C@H]2C(=O)O)cc1NC(=O)Cc1cncnc1)[C@@H]1C[C@H]2CC[C@@H]1C2. The van der Waals surface area contributed by atoms with E-state index in [1.807, 2.05) is 6.07 Å². The van der Waals surface area contributed by atoms with Crippen molar-refractivity contribution in [3.05, 3.63) is 48.0 Å². The van der Waals surface area contributed by atoms with E-state index in [9.17, 15) is 14.7 Å². The molecule has 0 aliphatic heterocycles. The second-order valence-corrected chi connectivity index (χ2v) is 10.8. The van der Waals surface area contributed by atoms with Gasteiger partial charge in [-0.2, -0.15) is 0 Å². The zero-order chi connectivity index (χ0) is 23.8. The van der Waals surface area contributed by atoms with E-state index >= 15 is 0 Å². The molecule has 1 amide bonds. The number of hydrogen-bond donors (Lipinski definition) is 2. The van der Waals surface area contributed by atoms with Gasteiger partial charge in [0.1, 0.15) is 6.33 Å². The van der Waals surface area contributed by atoms with E-state index in [2.05, 4.69) is 46.2 Å². The molecule has 2 bridgehead atoms. The lowest BCUT2D eigenvalue weighted by Crippen LogP contribution is -2.42. The van der Waals surface area contributed by atoms with Crippen molar-refractivity contribution in [2.24, 2.45) is 23.7 Å². The second-order valence-electron chi connectivity index (χ2n) is 10.8. The molecule has 1 heterocycles. The zero-order valence-corrected chi connectivity index (χ0v) is 20.0. The van der Waals surface area contributed by atoms with Crippen molar-refractivity contribution >= 4 is 23.3 Å². The number of amides is 1. The van der Waals surface area contributed by atoms with E-state index in [0.29, 0.717) is 24.3 Å². The molecular weight excluding hydrogens is 428 g/mol. The minimum atomic E-state index is -0.743. The molecule has 5 rings (SSSR count). The quantitative estimate of drug-likeness (QED) is 0.570. The Morgan fingerprint density at radius 1 is 1.15 bits per heavy atom. The lowest BCUT2D eigenvalue weighted by molar-refractivity contribution is -0.138. The topological polar surface area (TPSA) is 95.4 Å². The summed E-state index contributed by atoms with van der Waals surface area (Å²) >= 11 is 0. The van der Waals surface area contributed by atoms with Crippen LogP contribution in [-0.2, 0) is 16.0 Å². The van der Waals surface area contributed by atoms with Crippen molar-refractivity contribution in [2.45, 2.75) is 64.3 Å². The van der Waals surface area contributed by atoms with Crippen molar-refractivity contribution in [2.75, 3.05) is 16.8 Å². The molecule has 0 saturated heterocycles. The van der Waals surface area contributed by atoms with Gasteiger partial charge in [0.2, 0.25) is 5.91 Å². The molecule has 2 aromatic rings. The van der Waals surface area contributed by atoms with Gasteiger partial charge < -0.3 is 15.3 Å². The smallest absolute Gasteiger partial charge is 0.307 e. The van der Waals surface area contributed by atoms with Gasteiger partial charge in [0.15, 0.2) is 0 Å². The van der Waals surface area contributed by atoms with Gasteiger partial charge in [-0.3, -0.25) is 9.59 Å². The van der Waals surface area contributed by atoms with Gasteiger partial charge in [-0.25, -0.2) is 9.97 Å². The highest BCUT2D eigenvalue weighted by molar-refractivity contribution is 5.96. The molecule has 34 heavy (non-hydrogen) atoms. The zero-order valence-electron chi connectivity index (χ0n) is 20.0. The molecule has 0 unspecified atom stereocenters. The molecule has 3 saturated carbocycles. The van der Waals surface area contributed by atoms with Crippen LogP contribution in [-0.4, -0.2) is 39.5 Å². The van der Waals surface area contributed by atoms with Crippen molar-refractivity contribution in [3.63, 3.8) is 0 Å². The van der Waals surface area contributed by atoms with Crippen LogP contribution in [0.5, 0.6) is 0 Å². The molecule has 180 valence electrons. The molecule has 7 heteroatoms. The number of anilines is 2. The Kier molecular flexibility index (Phi) is 6.28. The van der Waals surface area contributed by atoms with Gasteiger partial charge in [-0.1, -0.05) is 26.3 Å². The third-order valence-electron chi connectivity index (χ3n) is 7.78. The highest BCUT2D eigenvalue weighted by atomic mass is 16.4. The Labute approximate surface area is 201 Å². The number of carbonyl (C=O) groups is 2. The van der Waals surface area contributed by atoms with E-state index in [4.69, 9.17) is 0 Å². The number of aliphatic carboxylic acids is 1. The Balaban J connectivity index is 1.45. The number of rotatable bonds is 9. The predicted molar refractivity (Wildman–Crippen MR) is 131 cm³/mol. The first kappa shape index (κ1) is 22.8. The van der Waals surface area contributed by atoms with Gasteiger partial charge in [0.05, 0.1) is 23.7 Å². The third kappa shape index (κ3) is 4.79. The highest BCUT2D eigenvalue weighted by Gasteiger charge is 2.45. The summed E-state index contributed by atoms with van der Waals surface area (Å²) in [7, 11) is 0. The van der Waals surface area contributed by atoms with Crippen LogP contribution in [0.3, 0.4) is 0 Å². The van der Waals surface area contributed by atoms with E-state index in [-0.39, 0.29) is 24.2 Å². The molecule has 5 atom stereocenters. The van der Waals surface area contributed by atoms with Crippen molar-refractivity contribution in [1.29, 1.82) is 0 Å². The van der Waals surface area contributed by atoms with E-state index in [1.165, 1.54) is 32.0 Å². The van der Waals surface area contributed by atoms with Crippen molar-refractivity contribution in [1.82, 2.24) is 9.97 Å². The summed E-state index contributed by atoms with van der Waals surface area (Å²) < 4.78 is 0. The van der Waals surface area contributed by atoms with Crippen LogP contribution >= 0.6 is 0 Å². The standard InChI is InChI=1S/C27H34N4O3/c1-16(2)14-31(25-8-17-3-4-20(25)7-17)24-6-5-19(21-11-22(21)27(33)34)10-23(24)30-26(32)9-18-12-28-15-29-13-18/h5-6,10,12-13,15-17,20-22,25H,3-4,7-9,11,14H2,1-2H3,(H,30,32)(H,33,34)/t17-,20+,21+,22+,25+/m0/s1. The van der Waals surface area contributed by atoms with Crippen LogP contribution in [0.2, 0.25) is 0 Å². The summed E-state index contributed by atoms with van der Waals surface area (Å²) in [5.41, 5.74) is 3.60. The molecule has 2 N–H and O–H groups in total. The van der Waals surface area contributed by atoms with Gasteiger partial charge in [0, 0.05) is 25.0 Å². The number of fused-ring (bicyclic) bond motifs is 2. The molecule has 1 aromatic heterocycles. The van der Waals surface area contributed by atoms with Crippen LogP contribution in [0.1, 0.15) is 63.0 Å². The molecule has 7 nitrogen and oxygen atoms in total. The maximum Gasteiger partial charge on any atom is 0.307 e. The number of benzene rings is 1. The molecule has 3 aliphatic rings. The lowest BCUT2D eigenvalue weighted by Gasteiger charge is -2.39. The predicted octanol–water partition coefficient (Wildman–Crippen LogP) is 4.50. The molecule has 3 aliphatic carbocycles.